The Morgan fingerprint density at radius 2 is 1.86 bits per heavy atom. The van der Waals surface area contributed by atoms with Crippen LogP contribution < -0.4 is 10.1 Å². The summed E-state index contributed by atoms with van der Waals surface area (Å²) in [5, 5.41) is 12.1. The number of ether oxygens (including phenoxy) is 1. The number of pyridine rings is 1. The Hall–Kier alpha value is -3.66. The van der Waals surface area contributed by atoms with Crippen LogP contribution >= 0.6 is 12.6 Å². The van der Waals surface area contributed by atoms with Crippen LogP contribution in [0.5, 0.6) is 11.5 Å². The molecule has 0 radical (unpaired) electrons. The molecule has 138 valence electrons. The molecule has 0 aliphatic heterocycles. The Balaban J connectivity index is 1.42. The lowest BCUT2D eigenvalue weighted by Gasteiger charge is -2.12. The number of fused-ring (bicyclic) bond motifs is 2. The highest BCUT2D eigenvalue weighted by atomic mass is 32.1. The normalized spacial score (nSPS) is 11.2. The third kappa shape index (κ3) is 2.89. The van der Waals surface area contributed by atoms with Crippen molar-refractivity contribution in [3.05, 3.63) is 61.1 Å². The summed E-state index contributed by atoms with van der Waals surface area (Å²) in [5.74, 6) is 2.07. The molecular weight excluding hydrogens is 376 g/mol. The first-order valence-corrected chi connectivity index (χ1v) is 8.84. The van der Waals surface area contributed by atoms with Crippen LogP contribution in [0, 0.1) is 6.92 Å². The van der Waals surface area contributed by atoms with Crippen molar-refractivity contribution < 1.29 is 4.74 Å². The molecule has 4 heterocycles. The molecule has 28 heavy (non-hydrogen) atoms. The Labute approximate surface area is 164 Å². The van der Waals surface area contributed by atoms with Gasteiger partial charge >= 0.3 is 0 Å². The molecule has 5 rings (SSSR count). The van der Waals surface area contributed by atoms with Crippen molar-refractivity contribution in [1.82, 2.24) is 34.2 Å². The van der Waals surface area contributed by atoms with E-state index in [2.05, 4.69) is 43.1 Å². The maximum Gasteiger partial charge on any atom is 0.161 e. The van der Waals surface area contributed by atoms with Gasteiger partial charge in [-0.3, -0.25) is 0 Å². The summed E-state index contributed by atoms with van der Waals surface area (Å²) in [6.45, 7) is 1.98. The standard InChI is InChI=1S/C18H14N8OS/c1-11-6-12(24-17-16-18(28)21-10-26(16)23-9-20-17)2-3-14(11)27-13-4-5-25-15(7-13)19-8-22-25/h2-10,28H,1H3,(H,20,23,24). The summed E-state index contributed by atoms with van der Waals surface area (Å²) < 4.78 is 9.32. The van der Waals surface area contributed by atoms with E-state index in [1.165, 1.54) is 12.7 Å². The van der Waals surface area contributed by atoms with Crippen LogP contribution in [-0.2, 0) is 0 Å². The molecule has 0 spiro atoms. The van der Waals surface area contributed by atoms with E-state index in [9.17, 15) is 0 Å². The molecule has 0 fully saturated rings. The average Bonchev–Trinajstić information content (AvgIpc) is 3.31. The summed E-state index contributed by atoms with van der Waals surface area (Å²) in [7, 11) is 0. The van der Waals surface area contributed by atoms with Gasteiger partial charge in [0.05, 0.1) is 0 Å². The van der Waals surface area contributed by atoms with Gasteiger partial charge in [0.1, 0.15) is 41.0 Å². The summed E-state index contributed by atoms with van der Waals surface area (Å²) >= 11 is 4.37. The van der Waals surface area contributed by atoms with Crippen molar-refractivity contribution in [2.24, 2.45) is 0 Å². The summed E-state index contributed by atoms with van der Waals surface area (Å²) in [5.41, 5.74) is 3.28. The predicted octanol–water partition coefficient (Wildman–Crippen LogP) is 3.30. The number of benzene rings is 1. The van der Waals surface area contributed by atoms with Crippen LogP contribution in [0.3, 0.4) is 0 Å². The molecule has 5 aromatic rings. The largest absolute Gasteiger partial charge is 0.457 e. The van der Waals surface area contributed by atoms with Gasteiger partial charge in [-0.25, -0.2) is 24.0 Å². The molecule has 1 N–H and O–H groups in total. The third-order valence-corrected chi connectivity index (χ3v) is 4.56. The second kappa shape index (κ2) is 6.50. The number of thiol groups is 1. The van der Waals surface area contributed by atoms with Gasteiger partial charge in [-0.2, -0.15) is 10.2 Å². The molecule has 0 saturated heterocycles. The smallest absolute Gasteiger partial charge is 0.161 e. The van der Waals surface area contributed by atoms with Gasteiger partial charge in [-0.1, -0.05) is 0 Å². The first kappa shape index (κ1) is 16.5. The second-order valence-electron chi connectivity index (χ2n) is 6.10. The van der Waals surface area contributed by atoms with Gasteiger partial charge < -0.3 is 10.1 Å². The lowest BCUT2D eigenvalue weighted by Crippen LogP contribution is -2.00. The van der Waals surface area contributed by atoms with E-state index in [1.807, 2.05) is 43.5 Å². The highest BCUT2D eigenvalue weighted by Crippen LogP contribution is 2.30. The fourth-order valence-electron chi connectivity index (χ4n) is 2.89. The van der Waals surface area contributed by atoms with Gasteiger partial charge in [-0.15, -0.1) is 12.6 Å². The average molecular weight is 390 g/mol. The minimum absolute atomic E-state index is 0.559. The van der Waals surface area contributed by atoms with Crippen LogP contribution in [0.2, 0.25) is 0 Å². The highest BCUT2D eigenvalue weighted by molar-refractivity contribution is 7.80. The molecule has 0 aliphatic rings. The topological polar surface area (TPSA) is 94.5 Å². The van der Waals surface area contributed by atoms with E-state index in [0.29, 0.717) is 22.1 Å². The van der Waals surface area contributed by atoms with Crippen molar-refractivity contribution in [3.63, 3.8) is 0 Å². The Morgan fingerprint density at radius 3 is 2.75 bits per heavy atom. The zero-order chi connectivity index (χ0) is 19.1. The first-order chi connectivity index (χ1) is 13.7. The van der Waals surface area contributed by atoms with Gasteiger partial charge in [0, 0.05) is 18.0 Å². The van der Waals surface area contributed by atoms with E-state index in [4.69, 9.17) is 4.74 Å². The molecule has 1 aromatic carbocycles. The van der Waals surface area contributed by atoms with E-state index in [1.54, 1.807) is 15.4 Å². The zero-order valence-corrected chi connectivity index (χ0v) is 15.6. The van der Waals surface area contributed by atoms with Crippen LogP contribution in [0.4, 0.5) is 11.5 Å². The maximum absolute atomic E-state index is 6.01. The number of aromatic nitrogens is 7. The lowest BCUT2D eigenvalue weighted by atomic mass is 10.2. The number of nitrogens with one attached hydrogen (secondary N) is 1. The van der Waals surface area contributed by atoms with Gasteiger partial charge in [0.25, 0.3) is 0 Å². The van der Waals surface area contributed by atoms with Crippen molar-refractivity contribution in [3.8, 4) is 11.5 Å². The van der Waals surface area contributed by atoms with Gasteiger partial charge in [0.2, 0.25) is 0 Å². The number of anilines is 2. The summed E-state index contributed by atoms with van der Waals surface area (Å²) in [4.78, 5) is 12.6. The monoisotopic (exact) mass is 390 g/mol. The molecule has 4 aromatic heterocycles. The minimum atomic E-state index is 0.559. The molecule has 10 heteroatoms. The van der Waals surface area contributed by atoms with Gasteiger partial charge in [-0.05, 0) is 36.8 Å². The molecule has 0 atom stereocenters. The van der Waals surface area contributed by atoms with Crippen LogP contribution in [0.25, 0.3) is 11.2 Å². The lowest BCUT2D eigenvalue weighted by molar-refractivity contribution is 0.478. The zero-order valence-electron chi connectivity index (χ0n) is 14.7. The molecular formula is C18H14N8OS. The number of hydrogen-bond donors (Lipinski definition) is 2. The summed E-state index contributed by atoms with van der Waals surface area (Å²) in [6, 6.07) is 9.49. The van der Waals surface area contributed by atoms with Crippen LogP contribution in [0.15, 0.2) is 60.5 Å². The van der Waals surface area contributed by atoms with Crippen molar-refractivity contribution in [2.75, 3.05) is 5.32 Å². The molecule has 0 aliphatic carbocycles. The van der Waals surface area contributed by atoms with Crippen LogP contribution in [-0.4, -0.2) is 34.2 Å². The van der Waals surface area contributed by atoms with Gasteiger partial charge in [0.15, 0.2) is 11.5 Å². The number of aryl methyl sites for hydroxylation is 1. The molecule has 0 unspecified atom stereocenters. The number of imidazole rings is 1. The number of rotatable bonds is 4. The summed E-state index contributed by atoms with van der Waals surface area (Å²) in [6.07, 6.45) is 6.38. The van der Waals surface area contributed by atoms with E-state index < -0.39 is 0 Å². The van der Waals surface area contributed by atoms with E-state index >= 15 is 0 Å². The fraction of sp³-hybridized carbons (Fsp3) is 0.0556. The highest BCUT2D eigenvalue weighted by Gasteiger charge is 2.10. The first-order valence-electron chi connectivity index (χ1n) is 8.39. The number of nitrogens with zero attached hydrogens (tertiary/aromatic N) is 7. The predicted molar refractivity (Wildman–Crippen MR) is 106 cm³/mol. The molecule has 0 saturated carbocycles. The van der Waals surface area contributed by atoms with E-state index in [0.717, 1.165) is 22.6 Å². The van der Waals surface area contributed by atoms with E-state index in [-0.39, 0.29) is 0 Å². The Morgan fingerprint density at radius 1 is 1.00 bits per heavy atom. The number of hydrogen-bond acceptors (Lipinski definition) is 8. The SMILES string of the molecule is Cc1cc(Nc2ncnn3cnc(S)c23)ccc1Oc1ccn2ncnc2c1. The Kier molecular flexibility index (Phi) is 3.83. The quantitative estimate of drug-likeness (QED) is 0.455. The molecule has 0 bridgehead atoms. The van der Waals surface area contributed by atoms with Crippen LogP contribution in [0.1, 0.15) is 5.56 Å². The minimum Gasteiger partial charge on any atom is -0.457 e. The molecule has 0 amide bonds. The van der Waals surface area contributed by atoms with Crippen molar-refractivity contribution in [2.45, 2.75) is 11.9 Å². The fourth-order valence-corrected chi connectivity index (χ4v) is 3.15. The maximum atomic E-state index is 6.01. The van der Waals surface area contributed by atoms with Crippen molar-refractivity contribution >= 4 is 35.3 Å². The molecule has 9 nitrogen and oxygen atoms in total. The third-order valence-electron chi connectivity index (χ3n) is 4.24. The Bertz CT molecular complexity index is 1310. The van der Waals surface area contributed by atoms with Crippen molar-refractivity contribution in [1.29, 1.82) is 0 Å². The second-order valence-corrected chi connectivity index (χ2v) is 6.53.